The molecule has 2 saturated heterocycles. The summed E-state index contributed by atoms with van der Waals surface area (Å²) >= 11 is 0. The summed E-state index contributed by atoms with van der Waals surface area (Å²) in [6.45, 7) is 8.63. The fraction of sp³-hybridized carbons (Fsp3) is 0.435. The molecule has 1 aliphatic carbocycles. The smallest absolute Gasteiger partial charge is 0.404 e. The van der Waals surface area contributed by atoms with E-state index in [1.807, 2.05) is 37.6 Å². The Morgan fingerprint density at radius 2 is 2.12 bits per heavy atom. The zero-order valence-corrected chi connectivity index (χ0v) is 19.1. The molecule has 0 aromatic carbocycles. The number of nitrogens with one attached hydrogen (secondary N) is 3. The van der Waals surface area contributed by atoms with Gasteiger partial charge in [-0.2, -0.15) is 0 Å². The van der Waals surface area contributed by atoms with Gasteiger partial charge >= 0.3 is 17.3 Å². The van der Waals surface area contributed by atoms with Crippen LogP contribution in [0, 0.1) is 6.92 Å². The van der Waals surface area contributed by atoms with E-state index in [4.69, 9.17) is 9.47 Å². The largest absolute Gasteiger partial charge is 0.462 e. The van der Waals surface area contributed by atoms with Crippen LogP contribution in [0.2, 0.25) is 0 Å². The molecule has 3 fully saturated rings. The average Bonchev–Trinajstić information content (AvgIpc) is 3.48. The molecule has 10 heteroatoms. The highest BCUT2D eigenvalue weighted by atomic mass is 16.5. The maximum atomic E-state index is 13.3. The minimum Gasteiger partial charge on any atom is -0.462 e. The first-order valence-corrected chi connectivity index (χ1v) is 11.2. The molecule has 2 aliphatic heterocycles. The lowest BCUT2D eigenvalue weighted by molar-refractivity contribution is -0.579. The number of anilines is 1. The van der Waals surface area contributed by atoms with E-state index in [-0.39, 0.29) is 28.9 Å². The second-order valence-electron chi connectivity index (χ2n) is 9.86. The van der Waals surface area contributed by atoms with Crippen molar-refractivity contribution in [2.45, 2.75) is 57.7 Å². The highest BCUT2D eigenvalue weighted by Crippen LogP contribution is 2.58. The summed E-state index contributed by atoms with van der Waals surface area (Å²) in [6.07, 6.45) is 11.0. The van der Waals surface area contributed by atoms with Crippen LogP contribution in [0.25, 0.3) is 11.4 Å². The molecule has 6 heterocycles. The zero-order chi connectivity index (χ0) is 23.0. The van der Waals surface area contributed by atoms with Crippen molar-refractivity contribution < 1.29 is 23.2 Å². The number of nitrogens with zero attached hydrogens (tertiary/aromatic N) is 4. The maximum Gasteiger partial charge on any atom is 0.404 e. The van der Waals surface area contributed by atoms with Crippen molar-refractivity contribution >= 4 is 23.0 Å². The molecule has 33 heavy (non-hydrogen) atoms. The molecule has 0 radical (unpaired) electrons. The molecule has 3 N–H and O–H groups in total. The first-order chi connectivity index (χ1) is 15.7. The molecule has 10 nitrogen and oxygen atoms in total. The Labute approximate surface area is 190 Å². The van der Waals surface area contributed by atoms with Crippen LogP contribution in [-0.2, 0) is 10.2 Å². The normalized spacial score (nSPS) is 23.9. The first kappa shape index (κ1) is 20.1. The number of aryl methyl sites for hydroxylation is 1. The molecule has 3 aliphatic rings. The SMILES string of the molecule is Cc1cnc2c(NC(=O)c3c[n+]4cc(C56COC(C)(C5)C6)[nH]c4nc3OC(C)C)c[nH][n+]2c1. The third kappa shape index (κ3) is 3.16. The number of aromatic amines is 2. The van der Waals surface area contributed by atoms with Crippen molar-refractivity contribution in [2.75, 3.05) is 11.9 Å². The van der Waals surface area contributed by atoms with Crippen molar-refractivity contribution in [3.63, 3.8) is 0 Å². The van der Waals surface area contributed by atoms with E-state index < -0.39 is 0 Å². The van der Waals surface area contributed by atoms with E-state index in [1.54, 1.807) is 23.1 Å². The monoisotopic (exact) mass is 449 g/mol. The number of hydrogen-bond donors (Lipinski definition) is 3. The van der Waals surface area contributed by atoms with Gasteiger partial charge in [0.2, 0.25) is 0 Å². The van der Waals surface area contributed by atoms with Crippen molar-refractivity contribution in [1.82, 2.24) is 20.1 Å². The lowest BCUT2D eigenvalue weighted by Crippen LogP contribution is -2.45. The number of amides is 1. The molecular weight excluding hydrogens is 422 g/mol. The number of aromatic nitrogens is 6. The second kappa shape index (κ2) is 6.74. The van der Waals surface area contributed by atoms with Crippen LogP contribution in [0.15, 0.2) is 31.0 Å². The van der Waals surface area contributed by atoms with Gasteiger partial charge < -0.3 is 14.8 Å². The predicted octanol–water partition coefficient (Wildman–Crippen LogP) is 1.78. The number of carbonyl (C=O) groups excluding carboxylic acids is 1. The van der Waals surface area contributed by atoms with Crippen molar-refractivity contribution in [3.8, 4) is 5.88 Å². The number of imidazole rings is 1. The Kier molecular flexibility index (Phi) is 4.10. The van der Waals surface area contributed by atoms with Gasteiger partial charge in [0.1, 0.15) is 24.3 Å². The van der Waals surface area contributed by atoms with Crippen molar-refractivity contribution in [3.05, 3.63) is 47.8 Å². The van der Waals surface area contributed by atoms with Gasteiger partial charge in [-0.25, -0.2) is 14.5 Å². The summed E-state index contributed by atoms with van der Waals surface area (Å²) in [5.41, 5.74) is 3.60. The highest BCUT2D eigenvalue weighted by Gasteiger charge is 2.62. The quantitative estimate of drug-likeness (QED) is 0.402. The Morgan fingerprint density at radius 3 is 2.85 bits per heavy atom. The van der Waals surface area contributed by atoms with Crippen LogP contribution in [-0.4, -0.2) is 44.3 Å². The summed E-state index contributed by atoms with van der Waals surface area (Å²) in [7, 11) is 0. The molecule has 4 aromatic heterocycles. The molecule has 0 spiro atoms. The van der Waals surface area contributed by atoms with Crippen LogP contribution in [0.3, 0.4) is 0 Å². The maximum absolute atomic E-state index is 13.3. The van der Waals surface area contributed by atoms with Gasteiger partial charge in [0.05, 0.1) is 36.1 Å². The molecule has 1 amide bonds. The van der Waals surface area contributed by atoms with Gasteiger partial charge in [-0.1, -0.05) is 0 Å². The first-order valence-electron chi connectivity index (χ1n) is 11.2. The number of hydrogen-bond acceptors (Lipinski definition) is 5. The number of carbonyl (C=O) groups is 1. The lowest BCUT2D eigenvalue weighted by Gasteiger charge is -2.40. The summed E-state index contributed by atoms with van der Waals surface area (Å²) < 4.78 is 15.5. The third-order valence-corrected chi connectivity index (χ3v) is 6.54. The van der Waals surface area contributed by atoms with E-state index in [0.29, 0.717) is 29.3 Å². The third-order valence-electron chi connectivity index (χ3n) is 6.54. The molecule has 0 atom stereocenters. The van der Waals surface area contributed by atoms with Gasteiger partial charge in [-0.15, -0.1) is 4.52 Å². The number of fused-ring (bicyclic) bond motifs is 3. The summed E-state index contributed by atoms with van der Waals surface area (Å²) in [6, 6.07) is 0. The standard InChI is InChI=1S/C23H25N7O3/c1-13(2)33-20-15(19(31)26-16-6-25-30-7-14(3)5-24-18(16)30)8-29-9-17(27-21(29)28-20)23-10-22(4,11-23)32-12-23/h5-9,13H,10-12H2,1-4H3,(H,26,31)/p+2. The van der Waals surface area contributed by atoms with Crippen molar-refractivity contribution in [1.29, 1.82) is 0 Å². The van der Waals surface area contributed by atoms with Crippen LogP contribution < -0.4 is 19.0 Å². The van der Waals surface area contributed by atoms with Gasteiger partial charge in [0, 0.05) is 5.56 Å². The molecule has 7 rings (SSSR count). The van der Waals surface area contributed by atoms with Crippen molar-refractivity contribution in [2.24, 2.45) is 0 Å². The molecule has 0 unspecified atom stereocenters. The zero-order valence-electron chi connectivity index (χ0n) is 19.1. The summed E-state index contributed by atoms with van der Waals surface area (Å²) in [5, 5.41) is 6.02. The summed E-state index contributed by atoms with van der Waals surface area (Å²) in [5.74, 6) is 0.593. The molecule has 1 saturated carbocycles. The van der Waals surface area contributed by atoms with E-state index in [2.05, 4.69) is 32.3 Å². The molecule has 170 valence electrons. The van der Waals surface area contributed by atoms with E-state index in [0.717, 1.165) is 24.1 Å². The molecule has 4 aromatic rings. The van der Waals surface area contributed by atoms with E-state index in [1.165, 1.54) is 0 Å². The second-order valence-corrected chi connectivity index (χ2v) is 9.86. The van der Waals surface area contributed by atoms with Crippen LogP contribution >= 0.6 is 0 Å². The van der Waals surface area contributed by atoms with E-state index >= 15 is 0 Å². The number of ether oxygens (including phenoxy) is 2. The van der Waals surface area contributed by atoms with E-state index in [9.17, 15) is 4.79 Å². The predicted molar refractivity (Wildman–Crippen MR) is 117 cm³/mol. The Balaban J connectivity index is 1.37. The molecule has 2 bridgehead atoms. The lowest BCUT2D eigenvalue weighted by atomic mass is 9.62. The van der Waals surface area contributed by atoms with Crippen LogP contribution in [0.4, 0.5) is 5.69 Å². The minimum absolute atomic E-state index is 0.00496. The summed E-state index contributed by atoms with van der Waals surface area (Å²) in [4.78, 5) is 25.8. The van der Waals surface area contributed by atoms with Gasteiger partial charge in [-0.3, -0.25) is 4.79 Å². The van der Waals surface area contributed by atoms with Gasteiger partial charge in [0.15, 0.2) is 11.3 Å². The fourth-order valence-electron chi connectivity index (χ4n) is 5.16. The Bertz CT molecular complexity index is 1410. The van der Waals surface area contributed by atoms with Gasteiger partial charge in [-0.05, 0) is 50.5 Å². The fourth-order valence-corrected chi connectivity index (χ4v) is 5.16. The minimum atomic E-state index is -0.322. The number of H-pyrrole nitrogens is 2. The molecular formula is C23H27N7O3+2. The number of rotatable bonds is 5. The average molecular weight is 450 g/mol. The topological polar surface area (TPSA) is 113 Å². The Hall–Kier alpha value is -3.53. The highest BCUT2D eigenvalue weighted by molar-refractivity contribution is 6.06. The van der Waals surface area contributed by atoms with Gasteiger partial charge in [0.25, 0.3) is 5.91 Å². The Morgan fingerprint density at radius 1 is 1.30 bits per heavy atom. The van der Waals surface area contributed by atoms with Crippen LogP contribution in [0.1, 0.15) is 55.2 Å². The van der Waals surface area contributed by atoms with Crippen LogP contribution in [0.5, 0.6) is 5.88 Å².